The van der Waals surface area contributed by atoms with E-state index < -0.39 is 0 Å². The second-order valence-corrected chi connectivity index (χ2v) is 5.20. The fourth-order valence-electron chi connectivity index (χ4n) is 2.04. The minimum Gasteiger partial charge on any atom is -0.316 e. The van der Waals surface area contributed by atoms with E-state index in [1.807, 2.05) is 0 Å². The first kappa shape index (κ1) is 16.2. The van der Waals surface area contributed by atoms with E-state index in [2.05, 4.69) is 26.1 Å². The summed E-state index contributed by atoms with van der Waals surface area (Å²) in [6, 6.07) is 0. The predicted molar refractivity (Wildman–Crippen MR) is 75.3 cm³/mol. The number of nitrogens with one attached hydrogen (secondary N) is 1. The topological polar surface area (TPSA) is 12.0 Å². The lowest BCUT2D eigenvalue weighted by Crippen LogP contribution is -2.28. The van der Waals surface area contributed by atoms with Gasteiger partial charge in [0.05, 0.1) is 0 Å². The Bertz CT molecular complexity index is 139. The zero-order valence-corrected chi connectivity index (χ0v) is 12.2. The van der Waals surface area contributed by atoms with Gasteiger partial charge in [-0.2, -0.15) is 0 Å². The third kappa shape index (κ3) is 8.41. The lowest BCUT2D eigenvalue weighted by molar-refractivity contribution is 0.383. The van der Waals surface area contributed by atoms with E-state index in [1.54, 1.807) is 0 Å². The highest BCUT2D eigenvalue weighted by atomic mass is 35.5. The molecule has 2 unspecified atom stereocenters. The van der Waals surface area contributed by atoms with Crippen molar-refractivity contribution in [1.29, 1.82) is 0 Å². The summed E-state index contributed by atoms with van der Waals surface area (Å²) >= 11 is 5.78. The van der Waals surface area contributed by atoms with E-state index in [4.69, 9.17) is 11.6 Å². The maximum Gasteiger partial charge on any atom is 0.0226 e. The maximum atomic E-state index is 5.78. The van der Waals surface area contributed by atoms with E-state index in [0.717, 1.165) is 30.7 Å². The minimum atomic E-state index is 0.765. The number of unbranched alkanes of at least 4 members (excludes halogenated alkanes) is 1. The normalized spacial score (nSPS) is 15.0. The zero-order valence-electron chi connectivity index (χ0n) is 11.4. The quantitative estimate of drug-likeness (QED) is 0.532. The molecule has 0 amide bonds. The largest absolute Gasteiger partial charge is 0.316 e. The second-order valence-electron chi connectivity index (χ2n) is 4.83. The van der Waals surface area contributed by atoms with Crippen molar-refractivity contribution in [3.8, 4) is 0 Å². The molecule has 1 N–H and O–H groups in total. The van der Waals surface area contributed by atoms with E-state index in [-0.39, 0.29) is 0 Å². The summed E-state index contributed by atoms with van der Waals surface area (Å²) in [4.78, 5) is 0. The van der Waals surface area contributed by atoms with Gasteiger partial charge in [0.15, 0.2) is 0 Å². The lowest BCUT2D eigenvalue weighted by atomic mass is 9.98. The fourth-order valence-corrected chi connectivity index (χ4v) is 2.35. The molecule has 0 aromatic rings. The van der Waals surface area contributed by atoms with Gasteiger partial charge in [0.2, 0.25) is 0 Å². The Morgan fingerprint density at radius 3 is 1.94 bits per heavy atom. The molecule has 0 radical (unpaired) electrons. The molecule has 16 heavy (non-hydrogen) atoms. The summed E-state index contributed by atoms with van der Waals surface area (Å²) < 4.78 is 0. The fraction of sp³-hybridized carbons (Fsp3) is 1.00. The van der Waals surface area contributed by atoms with Gasteiger partial charge in [-0.25, -0.2) is 0 Å². The monoisotopic (exact) mass is 247 g/mol. The number of hydrogen-bond acceptors (Lipinski definition) is 1. The Balaban J connectivity index is 3.58. The highest BCUT2D eigenvalue weighted by Crippen LogP contribution is 2.12. The molecule has 0 bridgehead atoms. The van der Waals surface area contributed by atoms with Gasteiger partial charge < -0.3 is 5.32 Å². The molecule has 0 saturated carbocycles. The Morgan fingerprint density at radius 2 is 1.50 bits per heavy atom. The highest BCUT2D eigenvalue weighted by molar-refractivity contribution is 6.17. The Kier molecular flexibility index (Phi) is 11.9. The van der Waals surface area contributed by atoms with Gasteiger partial charge in [-0.3, -0.25) is 0 Å². The van der Waals surface area contributed by atoms with Gasteiger partial charge in [0.1, 0.15) is 0 Å². The highest BCUT2D eigenvalue weighted by Gasteiger charge is 2.08. The summed E-state index contributed by atoms with van der Waals surface area (Å²) in [6.07, 6.45) is 7.77. The van der Waals surface area contributed by atoms with Crippen molar-refractivity contribution in [2.45, 2.75) is 59.3 Å². The second kappa shape index (κ2) is 11.7. The van der Waals surface area contributed by atoms with Gasteiger partial charge in [-0.15, -0.1) is 11.6 Å². The third-order valence-electron chi connectivity index (χ3n) is 3.50. The molecule has 98 valence electrons. The maximum absolute atomic E-state index is 5.78. The van der Waals surface area contributed by atoms with E-state index >= 15 is 0 Å². The molecule has 0 spiro atoms. The van der Waals surface area contributed by atoms with Crippen LogP contribution in [-0.2, 0) is 0 Å². The molecule has 0 saturated heterocycles. The minimum absolute atomic E-state index is 0.765. The summed E-state index contributed by atoms with van der Waals surface area (Å²) in [7, 11) is 0. The van der Waals surface area contributed by atoms with Crippen LogP contribution in [0.15, 0.2) is 0 Å². The molecule has 2 heteroatoms. The molecule has 0 rings (SSSR count). The molecule has 0 heterocycles. The van der Waals surface area contributed by atoms with Gasteiger partial charge >= 0.3 is 0 Å². The molecule has 0 fully saturated rings. The Morgan fingerprint density at radius 1 is 0.938 bits per heavy atom. The Hall–Kier alpha value is 0.250. The van der Waals surface area contributed by atoms with Crippen LogP contribution in [0.25, 0.3) is 0 Å². The van der Waals surface area contributed by atoms with Crippen molar-refractivity contribution in [1.82, 2.24) is 5.32 Å². The van der Waals surface area contributed by atoms with Crippen LogP contribution in [0.3, 0.4) is 0 Å². The first-order valence-corrected chi connectivity index (χ1v) is 7.58. The third-order valence-corrected chi connectivity index (χ3v) is 3.72. The molecule has 1 nitrogen and oxygen atoms in total. The van der Waals surface area contributed by atoms with Crippen LogP contribution in [0.2, 0.25) is 0 Å². The first-order chi connectivity index (χ1) is 7.78. The summed E-state index contributed by atoms with van der Waals surface area (Å²) in [6.45, 7) is 9.17. The van der Waals surface area contributed by atoms with Gasteiger partial charge in [-0.05, 0) is 37.8 Å². The van der Waals surface area contributed by atoms with Crippen molar-refractivity contribution in [3.05, 3.63) is 0 Å². The van der Waals surface area contributed by atoms with Crippen molar-refractivity contribution >= 4 is 11.6 Å². The van der Waals surface area contributed by atoms with Crippen LogP contribution in [0.4, 0.5) is 0 Å². The summed E-state index contributed by atoms with van der Waals surface area (Å²) in [5.74, 6) is 2.43. The summed E-state index contributed by atoms with van der Waals surface area (Å²) in [5, 5.41) is 3.62. The molecule has 0 aliphatic rings. The van der Waals surface area contributed by atoms with E-state index in [1.165, 1.54) is 38.6 Å². The number of hydrogen-bond donors (Lipinski definition) is 1. The lowest BCUT2D eigenvalue weighted by Gasteiger charge is -2.18. The number of rotatable bonds is 11. The van der Waals surface area contributed by atoms with Crippen LogP contribution < -0.4 is 5.32 Å². The average molecular weight is 248 g/mol. The molecule has 0 aliphatic carbocycles. The number of halogens is 1. The average Bonchev–Trinajstić information content (AvgIpc) is 2.32. The molecule has 0 aromatic carbocycles. The molecular weight excluding hydrogens is 218 g/mol. The number of alkyl halides is 1. The van der Waals surface area contributed by atoms with Gasteiger partial charge in [-0.1, -0.05) is 46.5 Å². The van der Waals surface area contributed by atoms with Crippen molar-refractivity contribution in [2.75, 3.05) is 19.0 Å². The van der Waals surface area contributed by atoms with Crippen LogP contribution in [0.1, 0.15) is 59.3 Å². The van der Waals surface area contributed by atoms with Crippen LogP contribution in [0, 0.1) is 11.8 Å². The SMILES string of the molecule is CCCCC(CC)CNCC(CC)CCCl. The van der Waals surface area contributed by atoms with Crippen LogP contribution in [0.5, 0.6) is 0 Å². The van der Waals surface area contributed by atoms with Crippen LogP contribution in [-0.4, -0.2) is 19.0 Å². The molecule has 0 aromatic heterocycles. The van der Waals surface area contributed by atoms with E-state index in [9.17, 15) is 0 Å². The van der Waals surface area contributed by atoms with Gasteiger partial charge in [0, 0.05) is 5.88 Å². The smallest absolute Gasteiger partial charge is 0.0226 e. The van der Waals surface area contributed by atoms with E-state index in [0.29, 0.717) is 0 Å². The molecule has 2 atom stereocenters. The zero-order chi connectivity index (χ0) is 12.2. The predicted octanol–water partition coefficient (Wildman–Crippen LogP) is 4.45. The first-order valence-electron chi connectivity index (χ1n) is 7.05. The standard InChI is InChI=1S/C14H30ClN/c1-4-7-8-13(5-2)11-16-12-14(6-3)9-10-15/h13-14,16H,4-12H2,1-3H3. The molecule has 0 aliphatic heterocycles. The Labute approximate surface area is 107 Å². The van der Waals surface area contributed by atoms with Crippen molar-refractivity contribution < 1.29 is 0 Å². The van der Waals surface area contributed by atoms with Gasteiger partial charge in [0.25, 0.3) is 0 Å². The molecular formula is C14H30ClN. The summed E-state index contributed by atoms with van der Waals surface area (Å²) in [5.41, 5.74) is 0. The van der Waals surface area contributed by atoms with Crippen molar-refractivity contribution in [2.24, 2.45) is 11.8 Å². The van der Waals surface area contributed by atoms with Crippen LogP contribution >= 0.6 is 11.6 Å². The van der Waals surface area contributed by atoms with Crippen molar-refractivity contribution in [3.63, 3.8) is 0 Å².